The molecule has 0 saturated carbocycles. The van der Waals surface area contributed by atoms with Gasteiger partial charge in [-0.1, -0.05) is 17.7 Å². The van der Waals surface area contributed by atoms with Gasteiger partial charge in [-0.25, -0.2) is 4.98 Å². The van der Waals surface area contributed by atoms with E-state index in [1.807, 2.05) is 50.2 Å². The lowest BCUT2D eigenvalue weighted by Crippen LogP contribution is -2.28. The molecule has 0 unspecified atom stereocenters. The van der Waals surface area contributed by atoms with Crippen molar-refractivity contribution < 1.29 is 4.79 Å². The van der Waals surface area contributed by atoms with Crippen molar-refractivity contribution in [1.82, 2.24) is 4.98 Å². The van der Waals surface area contributed by atoms with Gasteiger partial charge in [0.15, 0.2) is 0 Å². The molecule has 1 aromatic carbocycles. The topological polar surface area (TPSA) is 45.2 Å². The molecule has 0 spiro atoms. The zero-order valence-corrected chi connectivity index (χ0v) is 12.1. The number of anilines is 2. The smallest absolute Gasteiger partial charge is 0.261 e. The Hall–Kier alpha value is -2.36. The molecule has 2 aromatic rings. The normalized spacial score (nSPS) is 10.2. The van der Waals surface area contributed by atoms with Gasteiger partial charge in [-0.2, -0.15) is 0 Å². The monoisotopic (exact) mass is 269 g/mol. The zero-order chi connectivity index (χ0) is 14.5. The molecule has 0 bridgehead atoms. The summed E-state index contributed by atoms with van der Waals surface area (Å²) in [6.07, 6.45) is 1.68. The van der Waals surface area contributed by atoms with E-state index in [1.54, 1.807) is 18.1 Å². The third-order valence-corrected chi connectivity index (χ3v) is 3.07. The highest BCUT2D eigenvalue weighted by molar-refractivity contribution is 6.09. The summed E-state index contributed by atoms with van der Waals surface area (Å²) < 4.78 is 0. The van der Waals surface area contributed by atoms with E-state index in [0.717, 1.165) is 17.8 Å². The fraction of sp³-hybridized carbons (Fsp3) is 0.250. The van der Waals surface area contributed by atoms with E-state index in [4.69, 9.17) is 0 Å². The Bertz CT molecular complexity index is 596. The molecule has 1 amide bonds. The van der Waals surface area contributed by atoms with Crippen molar-refractivity contribution in [3.63, 3.8) is 0 Å². The SMILES string of the molecule is CCNc1ccc(C)cc1C(=O)N(C)c1ccccn1. The number of pyridine rings is 1. The minimum absolute atomic E-state index is 0.0663. The number of nitrogens with one attached hydrogen (secondary N) is 1. The molecular weight excluding hydrogens is 250 g/mol. The van der Waals surface area contributed by atoms with Gasteiger partial charge in [0.25, 0.3) is 5.91 Å². The van der Waals surface area contributed by atoms with Crippen LogP contribution >= 0.6 is 0 Å². The molecule has 1 aromatic heterocycles. The molecule has 104 valence electrons. The van der Waals surface area contributed by atoms with Crippen LogP contribution in [0.2, 0.25) is 0 Å². The molecule has 0 atom stereocenters. The molecule has 0 aliphatic rings. The van der Waals surface area contributed by atoms with Crippen LogP contribution in [0.15, 0.2) is 42.6 Å². The van der Waals surface area contributed by atoms with E-state index in [-0.39, 0.29) is 5.91 Å². The van der Waals surface area contributed by atoms with Gasteiger partial charge in [-0.3, -0.25) is 9.69 Å². The van der Waals surface area contributed by atoms with Crippen LogP contribution in [0.1, 0.15) is 22.8 Å². The van der Waals surface area contributed by atoms with Gasteiger partial charge < -0.3 is 5.32 Å². The second kappa shape index (κ2) is 6.19. The molecule has 0 fully saturated rings. The maximum absolute atomic E-state index is 12.6. The first-order valence-corrected chi connectivity index (χ1v) is 6.67. The molecule has 1 heterocycles. The Balaban J connectivity index is 2.35. The van der Waals surface area contributed by atoms with Crippen molar-refractivity contribution in [1.29, 1.82) is 0 Å². The number of hydrogen-bond donors (Lipinski definition) is 1. The lowest BCUT2D eigenvalue weighted by molar-refractivity contribution is 0.0993. The average Bonchev–Trinajstić information content (AvgIpc) is 2.48. The first kappa shape index (κ1) is 14.1. The zero-order valence-electron chi connectivity index (χ0n) is 12.1. The van der Waals surface area contributed by atoms with Crippen LogP contribution in [0.4, 0.5) is 11.5 Å². The molecule has 0 saturated heterocycles. The molecule has 0 radical (unpaired) electrons. The van der Waals surface area contributed by atoms with Crippen LogP contribution in [-0.2, 0) is 0 Å². The first-order chi connectivity index (χ1) is 9.63. The van der Waals surface area contributed by atoms with Crippen molar-refractivity contribution in [2.45, 2.75) is 13.8 Å². The van der Waals surface area contributed by atoms with E-state index in [9.17, 15) is 4.79 Å². The maximum Gasteiger partial charge on any atom is 0.261 e. The van der Waals surface area contributed by atoms with Crippen LogP contribution in [-0.4, -0.2) is 24.5 Å². The van der Waals surface area contributed by atoms with Crippen LogP contribution in [0.3, 0.4) is 0 Å². The van der Waals surface area contributed by atoms with Gasteiger partial charge in [-0.15, -0.1) is 0 Å². The lowest BCUT2D eigenvalue weighted by Gasteiger charge is -2.19. The van der Waals surface area contributed by atoms with Crippen molar-refractivity contribution >= 4 is 17.4 Å². The highest BCUT2D eigenvalue weighted by atomic mass is 16.2. The largest absolute Gasteiger partial charge is 0.385 e. The van der Waals surface area contributed by atoms with Gasteiger partial charge in [0.2, 0.25) is 0 Å². The molecule has 0 aliphatic carbocycles. The number of nitrogens with zero attached hydrogens (tertiary/aromatic N) is 2. The lowest BCUT2D eigenvalue weighted by atomic mass is 10.1. The summed E-state index contributed by atoms with van der Waals surface area (Å²) in [5.74, 6) is 0.574. The maximum atomic E-state index is 12.6. The van der Waals surface area contributed by atoms with Gasteiger partial charge in [0.05, 0.1) is 5.56 Å². The third-order valence-electron chi connectivity index (χ3n) is 3.07. The molecular formula is C16H19N3O. The summed E-state index contributed by atoms with van der Waals surface area (Å²) in [6, 6.07) is 11.4. The van der Waals surface area contributed by atoms with E-state index in [1.165, 1.54) is 0 Å². The van der Waals surface area contributed by atoms with E-state index in [0.29, 0.717) is 11.4 Å². The Labute approximate surface area is 119 Å². The number of amides is 1. The summed E-state index contributed by atoms with van der Waals surface area (Å²) in [5.41, 5.74) is 2.58. The van der Waals surface area contributed by atoms with Crippen LogP contribution in [0.25, 0.3) is 0 Å². The number of rotatable bonds is 4. The standard InChI is InChI=1S/C16H19N3O/c1-4-17-14-9-8-12(2)11-13(14)16(20)19(3)15-7-5-6-10-18-15/h5-11,17H,4H2,1-3H3. The number of aryl methyl sites for hydroxylation is 1. The second-order valence-electron chi connectivity index (χ2n) is 4.63. The fourth-order valence-electron chi connectivity index (χ4n) is 2.02. The predicted molar refractivity (Wildman–Crippen MR) is 82.3 cm³/mol. The van der Waals surface area contributed by atoms with Gasteiger partial charge in [-0.05, 0) is 38.1 Å². The van der Waals surface area contributed by atoms with Gasteiger partial charge in [0, 0.05) is 25.5 Å². The number of carbonyl (C=O) groups is 1. The van der Waals surface area contributed by atoms with E-state index >= 15 is 0 Å². The molecule has 4 nitrogen and oxygen atoms in total. The number of hydrogen-bond acceptors (Lipinski definition) is 3. The summed E-state index contributed by atoms with van der Waals surface area (Å²) in [7, 11) is 1.74. The Morgan fingerprint density at radius 2 is 2.10 bits per heavy atom. The van der Waals surface area contributed by atoms with Crippen molar-refractivity contribution in [2.75, 3.05) is 23.8 Å². The summed E-state index contributed by atoms with van der Waals surface area (Å²) in [5, 5.41) is 3.22. The Kier molecular flexibility index (Phi) is 4.35. The second-order valence-corrected chi connectivity index (χ2v) is 4.63. The predicted octanol–water partition coefficient (Wildman–Crippen LogP) is 3.10. The number of benzene rings is 1. The van der Waals surface area contributed by atoms with Crippen LogP contribution in [0.5, 0.6) is 0 Å². The summed E-state index contributed by atoms with van der Waals surface area (Å²) in [6.45, 7) is 4.76. The molecule has 1 N–H and O–H groups in total. The van der Waals surface area contributed by atoms with Crippen molar-refractivity contribution in [3.8, 4) is 0 Å². The first-order valence-electron chi connectivity index (χ1n) is 6.67. The molecule has 20 heavy (non-hydrogen) atoms. The number of carbonyl (C=O) groups excluding carboxylic acids is 1. The van der Waals surface area contributed by atoms with Gasteiger partial charge in [0.1, 0.15) is 5.82 Å². The Morgan fingerprint density at radius 3 is 2.75 bits per heavy atom. The summed E-state index contributed by atoms with van der Waals surface area (Å²) >= 11 is 0. The van der Waals surface area contributed by atoms with Crippen LogP contribution < -0.4 is 10.2 Å². The highest BCUT2D eigenvalue weighted by Gasteiger charge is 2.17. The third kappa shape index (κ3) is 2.96. The van der Waals surface area contributed by atoms with Crippen LogP contribution in [0, 0.1) is 6.92 Å². The minimum atomic E-state index is -0.0663. The minimum Gasteiger partial charge on any atom is -0.385 e. The number of aromatic nitrogens is 1. The average molecular weight is 269 g/mol. The molecule has 4 heteroatoms. The molecule has 0 aliphatic heterocycles. The quantitative estimate of drug-likeness (QED) is 0.927. The Morgan fingerprint density at radius 1 is 1.30 bits per heavy atom. The summed E-state index contributed by atoms with van der Waals surface area (Å²) in [4.78, 5) is 18.4. The van der Waals surface area contributed by atoms with Gasteiger partial charge >= 0.3 is 0 Å². The van der Waals surface area contributed by atoms with E-state index < -0.39 is 0 Å². The van der Waals surface area contributed by atoms with Crippen molar-refractivity contribution in [2.24, 2.45) is 0 Å². The highest BCUT2D eigenvalue weighted by Crippen LogP contribution is 2.21. The molecule has 2 rings (SSSR count). The fourth-order valence-corrected chi connectivity index (χ4v) is 2.02. The van der Waals surface area contributed by atoms with E-state index in [2.05, 4.69) is 10.3 Å². The van der Waals surface area contributed by atoms with Crippen molar-refractivity contribution in [3.05, 3.63) is 53.7 Å².